The number of hydrogen-bond acceptors (Lipinski definition) is 4. The minimum atomic E-state index is -0.123. The van der Waals surface area contributed by atoms with Crippen LogP contribution in [-0.4, -0.2) is 35.2 Å². The van der Waals surface area contributed by atoms with Crippen molar-refractivity contribution in [3.05, 3.63) is 88.7 Å². The van der Waals surface area contributed by atoms with E-state index in [9.17, 15) is 4.79 Å². The van der Waals surface area contributed by atoms with Gasteiger partial charge in [-0.05, 0) is 86.3 Å². The molecule has 0 saturated carbocycles. The van der Waals surface area contributed by atoms with Gasteiger partial charge < -0.3 is 19.4 Å². The van der Waals surface area contributed by atoms with Crippen molar-refractivity contribution in [2.24, 2.45) is 0 Å². The number of unbranched alkanes of at least 4 members (excludes halogenated alkanes) is 3. The summed E-state index contributed by atoms with van der Waals surface area (Å²) in [5.41, 5.74) is 2.21. The third-order valence-electron chi connectivity index (χ3n) is 6.17. The molecule has 0 aliphatic heterocycles. The third kappa shape index (κ3) is 8.67. The fourth-order valence-corrected chi connectivity index (χ4v) is 4.45. The van der Waals surface area contributed by atoms with Crippen molar-refractivity contribution < 1.29 is 14.3 Å². The molecule has 4 aromatic rings. The molecule has 0 unspecified atom stereocenters. The number of aryl methyl sites for hydroxylation is 2. The van der Waals surface area contributed by atoms with E-state index in [1.807, 2.05) is 30.3 Å². The maximum Gasteiger partial charge on any atom is 0.257 e. The average molecular weight is 555 g/mol. The topological polar surface area (TPSA) is 65.4 Å². The lowest BCUT2D eigenvalue weighted by molar-refractivity contribution is -0.123. The molecule has 1 N–H and O–H groups in total. The summed E-state index contributed by atoms with van der Waals surface area (Å²) in [6, 6.07) is 22.7. The molecule has 0 spiro atoms. The highest BCUT2D eigenvalue weighted by molar-refractivity contribution is 6.30. The Morgan fingerprint density at radius 2 is 1.47 bits per heavy atom. The molecule has 200 valence electrons. The summed E-state index contributed by atoms with van der Waals surface area (Å²) in [7, 11) is 0. The van der Waals surface area contributed by atoms with Crippen LogP contribution < -0.4 is 14.8 Å². The number of aromatic nitrogens is 2. The van der Waals surface area contributed by atoms with Crippen LogP contribution in [0.25, 0.3) is 11.0 Å². The predicted molar refractivity (Wildman–Crippen MR) is 153 cm³/mol. The fourth-order valence-electron chi connectivity index (χ4n) is 4.20. The number of ether oxygens (including phenoxy) is 2. The van der Waals surface area contributed by atoms with Gasteiger partial charge in [-0.25, -0.2) is 4.98 Å². The van der Waals surface area contributed by atoms with E-state index in [1.54, 1.807) is 24.3 Å². The predicted octanol–water partition coefficient (Wildman–Crippen LogP) is 7.11. The molecule has 1 aromatic heterocycles. The van der Waals surface area contributed by atoms with Gasteiger partial charge in [0, 0.05) is 29.6 Å². The lowest BCUT2D eigenvalue weighted by Gasteiger charge is -2.11. The standard InChI is InChI=1S/C30H33Cl2N3O3/c31-23-11-15-25(16-12-23)37-21-7-6-20-35-28-9-4-3-8-27(28)34-29(35)10-2-1-5-19-33-30(36)22-38-26-17-13-24(32)14-18-26/h3-4,8-9,11-18H,1-2,5-7,10,19-22H2,(H,33,36). The molecule has 0 aliphatic carbocycles. The van der Waals surface area contributed by atoms with E-state index in [0.717, 1.165) is 62.2 Å². The Morgan fingerprint density at radius 3 is 2.21 bits per heavy atom. The van der Waals surface area contributed by atoms with Gasteiger partial charge in [0.05, 0.1) is 17.6 Å². The van der Waals surface area contributed by atoms with Crippen LogP contribution in [0, 0.1) is 0 Å². The van der Waals surface area contributed by atoms with Gasteiger partial charge in [-0.2, -0.15) is 0 Å². The van der Waals surface area contributed by atoms with Crippen LogP contribution in [0.2, 0.25) is 10.0 Å². The molecule has 3 aromatic carbocycles. The molecular formula is C30H33Cl2N3O3. The van der Waals surface area contributed by atoms with E-state index >= 15 is 0 Å². The number of nitrogens with zero attached hydrogens (tertiary/aromatic N) is 2. The Bertz CT molecular complexity index is 1290. The van der Waals surface area contributed by atoms with E-state index in [4.69, 9.17) is 37.7 Å². The van der Waals surface area contributed by atoms with Crippen LogP contribution in [0.5, 0.6) is 11.5 Å². The Hall–Kier alpha value is -3.22. The summed E-state index contributed by atoms with van der Waals surface area (Å²) in [5.74, 6) is 2.46. The minimum absolute atomic E-state index is 0.00358. The van der Waals surface area contributed by atoms with Crippen molar-refractivity contribution in [3.8, 4) is 11.5 Å². The first-order chi connectivity index (χ1) is 18.6. The summed E-state index contributed by atoms with van der Waals surface area (Å²) >= 11 is 11.8. The first kappa shape index (κ1) is 27.8. The number of nitrogens with one attached hydrogen (secondary N) is 1. The summed E-state index contributed by atoms with van der Waals surface area (Å²) in [4.78, 5) is 16.9. The van der Waals surface area contributed by atoms with Crippen LogP contribution >= 0.6 is 23.2 Å². The van der Waals surface area contributed by atoms with Crippen LogP contribution in [0.15, 0.2) is 72.8 Å². The fraction of sp³-hybridized carbons (Fsp3) is 0.333. The van der Waals surface area contributed by atoms with Crippen molar-refractivity contribution in [1.82, 2.24) is 14.9 Å². The molecule has 8 heteroatoms. The highest BCUT2D eigenvalue weighted by atomic mass is 35.5. The largest absolute Gasteiger partial charge is 0.494 e. The zero-order valence-electron chi connectivity index (χ0n) is 21.4. The molecule has 6 nitrogen and oxygen atoms in total. The van der Waals surface area contributed by atoms with E-state index < -0.39 is 0 Å². The highest BCUT2D eigenvalue weighted by Crippen LogP contribution is 2.20. The minimum Gasteiger partial charge on any atom is -0.494 e. The number of para-hydroxylation sites is 2. The number of imidazole rings is 1. The summed E-state index contributed by atoms with van der Waals surface area (Å²) in [6.07, 6.45) is 5.80. The molecule has 1 heterocycles. The van der Waals surface area contributed by atoms with Crippen LogP contribution in [0.1, 0.15) is 37.9 Å². The molecule has 38 heavy (non-hydrogen) atoms. The van der Waals surface area contributed by atoms with Crippen molar-refractivity contribution >= 4 is 40.1 Å². The van der Waals surface area contributed by atoms with Crippen molar-refractivity contribution in [2.75, 3.05) is 19.8 Å². The van der Waals surface area contributed by atoms with Crippen LogP contribution in [0.4, 0.5) is 0 Å². The molecular weight excluding hydrogens is 521 g/mol. The third-order valence-corrected chi connectivity index (χ3v) is 6.68. The van der Waals surface area contributed by atoms with Crippen molar-refractivity contribution in [1.29, 1.82) is 0 Å². The first-order valence-electron chi connectivity index (χ1n) is 13.1. The maximum absolute atomic E-state index is 12.0. The summed E-state index contributed by atoms with van der Waals surface area (Å²) in [5, 5.41) is 4.27. The van der Waals surface area contributed by atoms with Gasteiger partial charge in [0.1, 0.15) is 17.3 Å². The Labute approximate surface area is 233 Å². The van der Waals surface area contributed by atoms with E-state index in [0.29, 0.717) is 28.9 Å². The summed E-state index contributed by atoms with van der Waals surface area (Å²) in [6.45, 7) is 2.20. The molecule has 0 atom stereocenters. The molecule has 0 radical (unpaired) electrons. The van der Waals surface area contributed by atoms with Gasteiger partial charge >= 0.3 is 0 Å². The monoisotopic (exact) mass is 553 g/mol. The Morgan fingerprint density at radius 1 is 0.789 bits per heavy atom. The number of fused-ring (bicyclic) bond motifs is 1. The number of carbonyl (C=O) groups is 1. The SMILES string of the molecule is O=C(COc1ccc(Cl)cc1)NCCCCCc1nc2ccccc2n1CCCCOc1ccc(Cl)cc1. The molecule has 0 aliphatic rings. The van der Waals surface area contributed by atoms with Gasteiger partial charge in [0.15, 0.2) is 6.61 Å². The van der Waals surface area contributed by atoms with Gasteiger partial charge in [0.2, 0.25) is 0 Å². The quantitative estimate of drug-likeness (QED) is 0.159. The zero-order valence-corrected chi connectivity index (χ0v) is 22.9. The second-order valence-corrected chi connectivity index (χ2v) is 9.95. The summed E-state index contributed by atoms with van der Waals surface area (Å²) < 4.78 is 13.7. The Balaban J connectivity index is 1.16. The van der Waals surface area contributed by atoms with Crippen LogP contribution in [-0.2, 0) is 17.8 Å². The first-order valence-corrected chi connectivity index (χ1v) is 13.8. The normalized spacial score (nSPS) is 11.0. The van der Waals surface area contributed by atoms with Gasteiger partial charge in [-0.15, -0.1) is 0 Å². The van der Waals surface area contributed by atoms with Gasteiger partial charge in [0.25, 0.3) is 5.91 Å². The van der Waals surface area contributed by atoms with E-state index in [-0.39, 0.29) is 12.5 Å². The second kappa shape index (κ2) is 14.6. The lowest BCUT2D eigenvalue weighted by Crippen LogP contribution is -2.29. The highest BCUT2D eigenvalue weighted by Gasteiger charge is 2.10. The number of carbonyl (C=O) groups excluding carboxylic acids is 1. The molecule has 0 saturated heterocycles. The molecule has 0 bridgehead atoms. The second-order valence-electron chi connectivity index (χ2n) is 9.08. The van der Waals surface area contributed by atoms with Crippen LogP contribution in [0.3, 0.4) is 0 Å². The molecule has 1 amide bonds. The molecule has 0 fully saturated rings. The lowest BCUT2D eigenvalue weighted by atomic mass is 10.2. The maximum atomic E-state index is 12.0. The van der Waals surface area contributed by atoms with Gasteiger partial charge in [-0.3, -0.25) is 4.79 Å². The molecule has 4 rings (SSSR count). The number of hydrogen-bond donors (Lipinski definition) is 1. The van der Waals surface area contributed by atoms with Gasteiger partial charge in [-0.1, -0.05) is 41.8 Å². The smallest absolute Gasteiger partial charge is 0.257 e. The Kier molecular flexibility index (Phi) is 10.7. The number of rotatable bonds is 15. The average Bonchev–Trinajstić information content (AvgIpc) is 3.28. The number of amides is 1. The van der Waals surface area contributed by atoms with E-state index in [1.165, 1.54) is 5.52 Å². The van der Waals surface area contributed by atoms with Crippen molar-refractivity contribution in [3.63, 3.8) is 0 Å². The van der Waals surface area contributed by atoms with E-state index in [2.05, 4.69) is 28.1 Å². The van der Waals surface area contributed by atoms with Crippen molar-refractivity contribution in [2.45, 2.75) is 45.1 Å². The number of benzene rings is 3. The number of halogens is 2. The zero-order chi connectivity index (χ0) is 26.6.